The third-order valence-corrected chi connectivity index (χ3v) is 5.70. The zero-order valence-corrected chi connectivity index (χ0v) is 18.6. The number of nitrogens with one attached hydrogen (secondary N) is 2. The summed E-state index contributed by atoms with van der Waals surface area (Å²) in [4.78, 5) is 29.7. The van der Waals surface area contributed by atoms with Crippen LogP contribution in [0, 0.1) is 5.82 Å². The molecule has 0 aliphatic carbocycles. The Labute approximate surface area is 195 Å². The Balaban J connectivity index is 1.80. The fraction of sp³-hybridized carbons (Fsp3) is 0.286. The third-order valence-electron chi connectivity index (χ3n) is 4.76. The quantitative estimate of drug-likeness (QED) is 0.371. The Bertz CT molecular complexity index is 1170. The maximum absolute atomic E-state index is 13.8. The zero-order chi connectivity index (χ0) is 25.0. The van der Waals surface area contributed by atoms with Crippen LogP contribution in [-0.4, -0.2) is 59.3 Å². The number of aromatic nitrogens is 1. The number of alkyl halides is 3. The smallest absolute Gasteiger partial charge is 0.395 e. The number of rotatable bonds is 7. The van der Waals surface area contributed by atoms with E-state index in [2.05, 4.69) is 15.6 Å². The number of thiazole rings is 1. The van der Waals surface area contributed by atoms with Crippen molar-refractivity contribution >= 4 is 44.3 Å². The molecule has 3 aromatic rings. The minimum atomic E-state index is -4.87. The van der Waals surface area contributed by atoms with Gasteiger partial charge in [-0.15, -0.1) is 0 Å². The number of carbonyl (C=O) groups is 2. The predicted octanol–water partition coefficient (Wildman–Crippen LogP) is 3.50. The highest BCUT2D eigenvalue weighted by Crippen LogP contribution is 2.38. The molecule has 3 rings (SSSR count). The van der Waals surface area contributed by atoms with Crippen molar-refractivity contribution in [3.63, 3.8) is 0 Å². The van der Waals surface area contributed by atoms with Crippen LogP contribution >= 0.6 is 11.3 Å². The monoisotopic (exact) mass is 499 g/mol. The second-order valence-corrected chi connectivity index (χ2v) is 8.50. The van der Waals surface area contributed by atoms with Crippen molar-refractivity contribution in [1.29, 1.82) is 0 Å². The average Bonchev–Trinajstić information content (AvgIpc) is 3.15. The standard InChI is InChI=1S/C21H21F4N5O3S/c1-30(9-13(26)10-31)18(32)17(21(23,24)25)11-2-7-15-16(8-11)34-20(28-15)29-19(33)27-14-5-3-12(22)4-6-14/h2-8,13,17,31H,9-10,26H2,1H3,(H2,27,28,29,33)/t13-,17-/m1/s1. The van der Waals surface area contributed by atoms with E-state index in [0.29, 0.717) is 15.9 Å². The molecular formula is C21H21F4N5O3S. The number of fused-ring (bicyclic) bond motifs is 1. The van der Waals surface area contributed by atoms with Crippen LogP contribution in [0.3, 0.4) is 0 Å². The number of aliphatic hydroxyl groups is 1. The SMILES string of the molecule is CN(C[C@@H](N)CO)C(=O)[C@@H](c1ccc2nc(NC(=O)Nc3ccc(F)cc3)sc2c1)C(F)(F)F. The van der Waals surface area contributed by atoms with Gasteiger partial charge >= 0.3 is 12.2 Å². The molecular weight excluding hydrogens is 478 g/mol. The number of halogens is 4. The van der Waals surface area contributed by atoms with E-state index in [9.17, 15) is 27.2 Å². The summed E-state index contributed by atoms with van der Waals surface area (Å²) in [6.07, 6.45) is -4.87. The first-order valence-corrected chi connectivity index (χ1v) is 10.7. The lowest BCUT2D eigenvalue weighted by atomic mass is 9.96. The van der Waals surface area contributed by atoms with Gasteiger partial charge in [0.05, 0.1) is 16.8 Å². The van der Waals surface area contributed by atoms with E-state index < -0.39 is 42.5 Å². The van der Waals surface area contributed by atoms with Crippen molar-refractivity contribution in [2.24, 2.45) is 5.73 Å². The molecule has 0 spiro atoms. The highest BCUT2D eigenvalue weighted by Gasteiger charge is 2.47. The molecule has 0 unspecified atom stereocenters. The number of anilines is 2. The van der Waals surface area contributed by atoms with Crippen molar-refractivity contribution < 1.29 is 32.3 Å². The largest absolute Gasteiger partial charge is 0.404 e. The predicted molar refractivity (Wildman–Crippen MR) is 120 cm³/mol. The van der Waals surface area contributed by atoms with Crippen LogP contribution in [0.2, 0.25) is 0 Å². The number of carbonyl (C=O) groups excluding carboxylic acids is 2. The van der Waals surface area contributed by atoms with E-state index in [0.717, 1.165) is 22.3 Å². The lowest BCUT2D eigenvalue weighted by molar-refractivity contribution is -0.171. The minimum Gasteiger partial charge on any atom is -0.395 e. The van der Waals surface area contributed by atoms with Gasteiger partial charge in [-0.25, -0.2) is 14.2 Å². The third kappa shape index (κ3) is 6.18. The minimum absolute atomic E-state index is 0.118. The van der Waals surface area contributed by atoms with Crippen LogP contribution in [0.5, 0.6) is 0 Å². The van der Waals surface area contributed by atoms with Crippen molar-refractivity contribution in [3.05, 3.63) is 53.8 Å². The molecule has 8 nitrogen and oxygen atoms in total. The number of likely N-dealkylation sites (N-methyl/N-ethyl adjacent to an activating group) is 1. The lowest BCUT2D eigenvalue weighted by Gasteiger charge is -2.27. The Kier molecular flexibility index (Phi) is 7.69. The zero-order valence-electron chi connectivity index (χ0n) is 17.8. The Morgan fingerprint density at radius 1 is 1.18 bits per heavy atom. The lowest BCUT2D eigenvalue weighted by Crippen LogP contribution is -2.45. The van der Waals surface area contributed by atoms with Crippen LogP contribution in [0.25, 0.3) is 10.2 Å². The van der Waals surface area contributed by atoms with Gasteiger partial charge in [0.25, 0.3) is 0 Å². The molecule has 0 saturated carbocycles. The van der Waals surface area contributed by atoms with Gasteiger partial charge in [0.15, 0.2) is 11.0 Å². The molecule has 34 heavy (non-hydrogen) atoms. The Hall–Kier alpha value is -3.29. The molecule has 182 valence electrons. The second-order valence-electron chi connectivity index (χ2n) is 7.47. The van der Waals surface area contributed by atoms with E-state index in [-0.39, 0.29) is 17.2 Å². The van der Waals surface area contributed by atoms with Crippen molar-refractivity contribution in [2.45, 2.75) is 18.1 Å². The highest BCUT2D eigenvalue weighted by molar-refractivity contribution is 7.22. The van der Waals surface area contributed by atoms with Crippen LogP contribution < -0.4 is 16.4 Å². The fourth-order valence-corrected chi connectivity index (χ4v) is 4.07. The van der Waals surface area contributed by atoms with Crippen LogP contribution in [0.4, 0.5) is 33.2 Å². The summed E-state index contributed by atoms with van der Waals surface area (Å²) in [5, 5.41) is 14.1. The number of benzene rings is 2. The number of urea groups is 1. The molecule has 0 bridgehead atoms. The summed E-state index contributed by atoms with van der Waals surface area (Å²) in [7, 11) is 1.18. The van der Waals surface area contributed by atoms with E-state index in [1.54, 1.807) is 0 Å². The van der Waals surface area contributed by atoms with Crippen molar-refractivity contribution in [1.82, 2.24) is 9.88 Å². The Morgan fingerprint density at radius 3 is 2.47 bits per heavy atom. The molecule has 0 aliphatic rings. The number of nitrogens with zero attached hydrogens (tertiary/aromatic N) is 2. The summed E-state index contributed by atoms with van der Waals surface area (Å²) >= 11 is 0.927. The van der Waals surface area contributed by atoms with Gasteiger partial charge in [0, 0.05) is 25.3 Å². The molecule has 2 aromatic carbocycles. The molecule has 13 heteroatoms. The second kappa shape index (κ2) is 10.3. The topological polar surface area (TPSA) is 121 Å². The molecule has 0 aliphatic heterocycles. The van der Waals surface area contributed by atoms with Gasteiger partial charge in [0.1, 0.15) is 5.82 Å². The van der Waals surface area contributed by atoms with E-state index >= 15 is 0 Å². The summed E-state index contributed by atoms with van der Waals surface area (Å²) in [5.41, 5.74) is 5.91. The van der Waals surface area contributed by atoms with E-state index in [1.807, 2.05) is 0 Å². The molecule has 3 amide bonds. The summed E-state index contributed by atoms with van der Waals surface area (Å²) in [6, 6.07) is 7.19. The van der Waals surface area contributed by atoms with Gasteiger partial charge in [-0.3, -0.25) is 10.1 Å². The van der Waals surface area contributed by atoms with Gasteiger partial charge in [-0.1, -0.05) is 17.4 Å². The van der Waals surface area contributed by atoms with Gasteiger partial charge < -0.3 is 21.1 Å². The summed E-state index contributed by atoms with van der Waals surface area (Å²) in [6.45, 7) is -0.729. The van der Waals surface area contributed by atoms with Crippen LogP contribution in [0.15, 0.2) is 42.5 Å². The summed E-state index contributed by atoms with van der Waals surface area (Å²) in [5.74, 6) is -4.11. The highest BCUT2D eigenvalue weighted by atomic mass is 32.1. The molecule has 0 radical (unpaired) electrons. The van der Waals surface area contributed by atoms with Gasteiger partial charge in [-0.05, 0) is 42.0 Å². The number of nitrogens with two attached hydrogens (primary N) is 1. The van der Waals surface area contributed by atoms with Crippen LogP contribution in [-0.2, 0) is 4.79 Å². The molecule has 0 saturated heterocycles. The molecule has 2 atom stereocenters. The first-order chi connectivity index (χ1) is 16.0. The fourth-order valence-electron chi connectivity index (χ4n) is 3.16. The van der Waals surface area contributed by atoms with Crippen molar-refractivity contribution in [3.8, 4) is 0 Å². The number of amides is 3. The van der Waals surface area contributed by atoms with E-state index in [4.69, 9.17) is 10.8 Å². The van der Waals surface area contributed by atoms with Crippen molar-refractivity contribution in [2.75, 3.05) is 30.8 Å². The number of hydrogen-bond donors (Lipinski definition) is 4. The average molecular weight is 499 g/mol. The summed E-state index contributed by atoms with van der Waals surface area (Å²) < 4.78 is 54.7. The maximum atomic E-state index is 13.8. The first kappa shape index (κ1) is 25.3. The van der Waals surface area contributed by atoms with Gasteiger partial charge in [-0.2, -0.15) is 13.2 Å². The number of aliphatic hydroxyl groups excluding tert-OH is 1. The Morgan fingerprint density at radius 2 is 1.85 bits per heavy atom. The normalized spacial score (nSPS) is 13.4. The molecule has 1 heterocycles. The maximum Gasteiger partial charge on any atom is 0.404 e. The van der Waals surface area contributed by atoms with Gasteiger partial charge in [0.2, 0.25) is 5.91 Å². The van der Waals surface area contributed by atoms with Crippen LogP contribution in [0.1, 0.15) is 11.5 Å². The van der Waals surface area contributed by atoms with E-state index in [1.165, 1.54) is 43.4 Å². The molecule has 1 aromatic heterocycles. The molecule has 0 fully saturated rings. The first-order valence-electron chi connectivity index (χ1n) is 9.90. The number of hydrogen-bond acceptors (Lipinski definition) is 6. The molecule has 5 N–H and O–H groups in total.